The minimum absolute atomic E-state index is 0.0348. The molecule has 0 spiro atoms. The molecule has 0 saturated heterocycles. The Morgan fingerprint density at radius 1 is 0.926 bits per heavy atom. The first-order chi connectivity index (χ1) is 12.8. The number of sulfonamides is 1. The largest absolute Gasteiger partial charge is 0.452 e. The van der Waals surface area contributed by atoms with Gasteiger partial charge in [0, 0.05) is 5.56 Å². The van der Waals surface area contributed by atoms with Gasteiger partial charge in [0.25, 0.3) is 11.8 Å². The highest BCUT2D eigenvalue weighted by Crippen LogP contribution is 2.12. The van der Waals surface area contributed by atoms with E-state index in [1.807, 2.05) is 0 Å². The number of hydrogen-bond donors (Lipinski definition) is 3. The molecule has 0 aliphatic rings. The summed E-state index contributed by atoms with van der Waals surface area (Å²) in [5.74, 6) is -2.17. The Bertz CT molecular complexity index is 944. The Hall–Kier alpha value is -3.24. The Balaban J connectivity index is 1.87. The van der Waals surface area contributed by atoms with Crippen LogP contribution in [0.4, 0.5) is 0 Å². The molecule has 0 fully saturated rings. The van der Waals surface area contributed by atoms with E-state index in [4.69, 9.17) is 4.74 Å². The molecule has 0 atom stereocenters. The number of hydrogen-bond acceptors (Lipinski definition) is 6. The van der Waals surface area contributed by atoms with Crippen LogP contribution in [0.2, 0.25) is 0 Å². The quantitative estimate of drug-likeness (QED) is 0.477. The van der Waals surface area contributed by atoms with Gasteiger partial charge < -0.3 is 4.74 Å². The van der Waals surface area contributed by atoms with Gasteiger partial charge in [-0.2, -0.15) is 0 Å². The maximum absolute atomic E-state index is 12.0. The summed E-state index contributed by atoms with van der Waals surface area (Å²) in [4.78, 5) is 35.3. The highest BCUT2D eigenvalue weighted by Gasteiger charge is 2.16. The third-order valence-corrected chi connectivity index (χ3v) is 4.75. The lowest BCUT2D eigenvalue weighted by molar-refractivity contribution is -0.125. The second-order valence-corrected chi connectivity index (χ2v) is 7.07. The van der Waals surface area contributed by atoms with E-state index in [1.165, 1.54) is 25.2 Å². The summed E-state index contributed by atoms with van der Waals surface area (Å²) in [5.41, 5.74) is 4.60. The lowest BCUT2D eigenvalue weighted by atomic mass is 10.2. The van der Waals surface area contributed by atoms with E-state index in [1.54, 1.807) is 30.3 Å². The number of carbonyl (C=O) groups is 3. The first-order valence-electron chi connectivity index (χ1n) is 7.68. The van der Waals surface area contributed by atoms with Crippen LogP contribution in [0.5, 0.6) is 0 Å². The van der Waals surface area contributed by atoms with E-state index < -0.39 is 34.4 Å². The van der Waals surface area contributed by atoms with Gasteiger partial charge in [0.2, 0.25) is 10.0 Å². The number of carbonyl (C=O) groups excluding carboxylic acids is 3. The highest BCUT2D eigenvalue weighted by atomic mass is 32.2. The number of rotatable bonds is 6. The zero-order chi connectivity index (χ0) is 19.9. The molecular weight excluding hydrogens is 374 g/mol. The normalized spacial score (nSPS) is 10.7. The number of amides is 2. The summed E-state index contributed by atoms with van der Waals surface area (Å²) in [6.07, 6.45) is 0. The summed E-state index contributed by atoms with van der Waals surface area (Å²) in [7, 11) is -2.47. The zero-order valence-corrected chi connectivity index (χ0v) is 15.1. The molecule has 0 unspecified atom stereocenters. The highest BCUT2D eigenvalue weighted by molar-refractivity contribution is 7.89. The molecule has 0 radical (unpaired) electrons. The van der Waals surface area contributed by atoms with E-state index in [-0.39, 0.29) is 10.5 Å². The molecule has 2 amide bonds. The van der Waals surface area contributed by atoms with Crippen molar-refractivity contribution >= 4 is 27.8 Å². The minimum Gasteiger partial charge on any atom is -0.452 e. The van der Waals surface area contributed by atoms with Crippen molar-refractivity contribution in [2.24, 2.45) is 0 Å². The third kappa shape index (κ3) is 5.62. The molecule has 0 aliphatic heterocycles. The van der Waals surface area contributed by atoms with Crippen molar-refractivity contribution in [3.63, 3.8) is 0 Å². The predicted octanol–water partition coefficient (Wildman–Crippen LogP) is 0.213. The van der Waals surface area contributed by atoms with Crippen molar-refractivity contribution in [3.05, 3.63) is 65.7 Å². The van der Waals surface area contributed by atoms with Gasteiger partial charge in [0.1, 0.15) is 0 Å². The van der Waals surface area contributed by atoms with Gasteiger partial charge in [-0.15, -0.1) is 0 Å². The lowest BCUT2D eigenvalue weighted by Crippen LogP contribution is -2.43. The van der Waals surface area contributed by atoms with E-state index in [2.05, 4.69) is 15.6 Å². The Kier molecular flexibility index (Phi) is 6.63. The third-order valence-electron chi connectivity index (χ3n) is 3.33. The minimum atomic E-state index is -3.71. The molecule has 2 aromatic carbocycles. The summed E-state index contributed by atoms with van der Waals surface area (Å²) in [6.45, 7) is -0.656. The van der Waals surface area contributed by atoms with Crippen LogP contribution in [0, 0.1) is 0 Å². The van der Waals surface area contributed by atoms with Crippen molar-refractivity contribution in [2.75, 3.05) is 13.7 Å². The average molecular weight is 391 g/mol. The first kappa shape index (κ1) is 20.1. The molecule has 2 aromatic rings. The van der Waals surface area contributed by atoms with Gasteiger partial charge in [0.05, 0.1) is 10.5 Å². The summed E-state index contributed by atoms with van der Waals surface area (Å²) < 4.78 is 30.4. The smallest absolute Gasteiger partial charge is 0.338 e. The molecule has 0 aliphatic carbocycles. The van der Waals surface area contributed by atoms with Crippen LogP contribution in [0.3, 0.4) is 0 Å². The van der Waals surface area contributed by atoms with Gasteiger partial charge in [-0.1, -0.05) is 24.3 Å². The van der Waals surface area contributed by atoms with E-state index in [0.29, 0.717) is 5.56 Å². The maximum atomic E-state index is 12.0. The number of nitrogens with one attached hydrogen (secondary N) is 3. The fourth-order valence-corrected chi connectivity index (χ4v) is 2.72. The molecule has 2 rings (SSSR count). The molecule has 9 nitrogen and oxygen atoms in total. The monoisotopic (exact) mass is 391 g/mol. The molecule has 0 heterocycles. The SMILES string of the molecule is CNS(=O)(=O)c1cccc(C(=O)OCC(=O)NNC(=O)c2ccccc2)c1. The van der Waals surface area contributed by atoms with Gasteiger partial charge in [-0.3, -0.25) is 20.4 Å². The van der Waals surface area contributed by atoms with E-state index in [9.17, 15) is 22.8 Å². The van der Waals surface area contributed by atoms with E-state index in [0.717, 1.165) is 6.07 Å². The molecule has 0 bridgehead atoms. The lowest BCUT2D eigenvalue weighted by Gasteiger charge is -2.09. The molecule has 3 N–H and O–H groups in total. The average Bonchev–Trinajstić information content (AvgIpc) is 2.70. The number of hydrazine groups is 1. The molecule has 27 heavy (non-hydrogen) atoms. The Morgan fingerprint density at radius 2 is 1.59 bits per heavy atom. The van der Waals surface area contributed by atoms with Crippen LogP contribution < -0.4 is 15.6 Å². The molecular formula is C17H17N3O6S. The van der Waals surface area contributed by atoms with Crippen molar-refractivity contribution in [1.29, 1.82) is 0 Å². The first-order valence-corrected chi connectivity index (χ1v) is 9.17. The maximum Gasteiger partial charge on any atom is 0.338 e. The zero-order valence-electron chi connectivity index (χ0n) is 14.3. The fraction of sp³-hybridized carbons (Fsp3) is 0.118. The van der Waals surface area contributed by atoms with Gasteiger partial charge in [0.15, 0.2) is 6.61 Å². The van der Waals surface area contributed by atoms with Crippen LogP contribution >= 0.6 is 0 Å². The van der Waals surface area contributed by atoms with Crippen molar-refractivity contribution in [3.8, 4) is 0 Å². The second-order valence-electron chi connectivity index (χ2n) is 5.18. The van der Waals surface area contributed by atoms with Gasteiger partial charge in [-0.05, 0) is 37.4 Å². The Labute approximate surface area is 155 Å². The van der Waals surface area contributed by atoms with Crippen molar-refractivity contribution in [2.45, 2.75) is 4.90 Å². The predicted molar refractivity (Wildman–Crippen MR) is 95.0 cm³/mol. The number of benzene rings is 2. The summed E-state index contributed by atoms with van der Waals surface area (Å²) >= 11 is 0. The summed E-state index contributed by atoms with van der Waals surface area (Å²) in [6, 6.07) is 13.4. The van der Waals surface area contributed by atoms with E-state index >= 15 is 0 Å². The molecule has 0 saturated carbocycles. The van der Waals surface area contributed by atoms with Gasteiger partial charge >= 0.3 is 5.97 Å². The van der Waals surface area contributed by atoms with Gasteiger partial charge in [-0.25, -0.2) is 17.9 Å². The number of ether oxygens (including phenoxy) is 1. The van der Waals surface area contributed by atoms with Crippen LogP contribution in [0.15, 0.2) is 59.5 Å². The Morgan fingerprint density at radius 3 is 2.26 bits per heavy atom. The second kappa shape index (κ2) is 8.92. The van der Waals surface area contributed by atoms with Crippen LogP contribution in [0.1, 0.15) is 20.7 Å². The van der Waals surface area contributed by atoms with Crippen LogP contribution in [-0.4, -0.2) is 39.9 Å². The van der Waals surface area contributed by atoms with Crippen LogP contribution in [-0.2, 0) is 19.6 Å². The van der Waals surface area contributed by atoms with Crippen LogP contribution in [0.25, 0.3) is 0 Å². The molecule has 0 aromatic heterocycles. The fourth-order valence-electron chi connectivity index (χ4n) is 1.95. The summed E-state index contributed by atoms with van der Waals surface area (Å²) in [5, 5.41) is 0. The van der Waals surface area contributed by atoms with Crippen molar-refractivity contribution < 1.29 is 27.5 Å². The topological polar surface area (TPSA) is 131 Å². The standard InChI is InChI=1S/C17H17N3O6S/c1-18-27(24,25)14-9-5-8-13(10-14)17(23)26-11-15(21)19-20-16(22)12-6-3-2-4-7-12/h2-10,18H,11H2,1H3,(H,19,21)(H,20,22). The molecule has 10 heteroatoms. The van der Waals surface area contributed by atoms with Crippen molar-refractivity contribution in [1.82, 2.24) is 15.6 Å². The molecule has 142 valence electrons. The number of esters is 1.